The van der Waals surface area contributed by atoms with Gasteiger partial charge in [-0.1, -0.05) is 30.6 Å². The standard InChI is InChI=1S/C15H15N7OS/c23-13-10-11(15(21-13)4-2-1-3-5-15)19-14(24-10)20-12-9-8(6-18-22-9)16-7-17-12/h6-7H,1-5H2,(H,18,22)(H,21,23)(H,16,17,19,20). The zero-order chi connectivity index (χ0) is 16.1. The van der Waals surface area contributed by atoms with Crippen LogP contribution in [0, 0.1) is 0 Å². The number of aromatic nitrogens is 5. The van der Waals surface area contributed by atoms with Crippen LogP contribution in [0.2, 0.25) is 0 Å². The van der Waals surface area contributed by atoms with Crippen molar-refractivity contribution in [1.82, 2.24) is 30.5 Å². The Balaban J connectivity index is 1.53. The van der Waals surface area contributed by atoms with Gasteiger partial charge >= 0.3 is 0 Å². The number of anilines is 2. The molecule has 0 saturated heterocycles. The highest BCUT2D eigenvalue weighted by Crippen LogP contribution is 2.45. The molecule has 3 aromatic rings. The average molecular weight is 341 g/mol. The number of hydrogen-bond acceptors (Lipinski definition) is 7. The normalized spacial score (nSPS) is 18.8. The molecule has 2 aliphatic rings. The Morgan fingerprint density at radius 1 is 1.21 bits per heavy atom. The van der Waals surface area contributed by atoms with Crippen LogP contribution in [0.3, 0.4) is 0 Å². The van der Waals surface area contributed by atoms with E-state index in [1.165, 1.54) is 24.1 Å². The fourth-order valence-electron chi connectivity index (χ4n) is 3.66. The van der Waals surface area contributed by atoms with E-state index in [0.29, 0.717) is 15.8 Å². The van der Waals surface area contributed by atoms with E-state index in [2.05, 4.69) is 30.8 Å². The van der Waals surface area contributed by atoms with E-state index >= 15 is 0 Å². The molecule has 1 fully saturated rings. The first-order chi connectivity index (χ1) is 11.8. The summed E-state index contributed by atoms with van der Waals surface area (Å²) in [5.41, 5.74) is 2.09. The van der Waals surface area contributed by atoms with Crippen LogP contribution in [0.1, 0.15) is 47.5 Å². The highest BCUT2D eigenvalue weighted by molar-refractivity contribution is 7.17. The van der Waals surface area contributed by atoms with E-state index in [9.17, 15) is 4.79 Å². The predicted molar refractivity (Wildman–Crippen MR) is 89.3 cm³/mol. The van der Waals surface area contributed by atoms with Gasteiger partial charge in [0.25, 0.3) is 5.91 Å². The van der Waals surface area contributed by atoms with Gasteiger partial charge in [0, 0.05) is 0 Å². The first-order valence-corrected chi connectivity index (χ1v) is 8.82. The van der Waals surface area contributed by atoms with Crippen LogP contribution in [0.5, 0.6) is 0 Å². The molecule has 1 aliphatic heterocycles. The molecule has 9 heteroatoms. The Kier molecular flexibility index (Phi) is 2.87. The van der Waals surface area contributed by atoms with E-state index in [0.717, 1.165) is 42.4 Å². The molecule has 3 N–H and O–H groups in total. The summed E-state index contributed by atoms with van der Waals surface area (Å²) < 4.78 is 0. The zero-order valence-corrected chi connectivity index (χ0v) is 13.6. The fourth-order valence-corrected chi connectivity index (χ4v) is 4.62. The van der Waals surface area contributed by atoms with Crippen molar-refractivity contribution >= 4 is 39.2 Å². The number of thiazole rings is 1. The molecule has 4 heterocycles. The molecule has 1 spiro atoms. The molecule has 5 rings (SSSR count). The van der Waals surface area contributed by atoms with E-state index in [-0.39, 0.29) is 11.4 Å². The number of hydrogen-bond donors (Lipinski definition) is 3. The lowest BCUT2D eigenvalue weighted by Gasteiger charge is -2.32. The number of nitrogens with zero attached hydrogens (tertiary/aromatic N) is 4. The third-order valence-corrected chi connectivity index (χ3v) is 5.78. The van der Waals surface area contributed by atoms with Gasteiger partial charge in [-0.3, -0.25) is 9.89 Å². The molecule has 0 bridgehead atoms. The highest BCUT2D eigenvalue weighted by atomic mass is 32.1. The van der Waals surface area contributed by atoms with Gasteiger partial charge in [-0.05, 0) is 12.8 Å². The fraction of sp³-hybridized carbons (Fsp3) is 0.400. The van der Waals surface area contributed by atoms with Gasteiger partial charge in [0.05, 0.1) is 17.4 Å². The topological polar surface area (TPSA) is 108 Å². The Labute approximate surface area is 141 Å². The third-order valence-electron chi connectivity index (χ3n) is 4.81. The van der Waals surface area contributed by atoms with Gasteiger partial charge in [0.15, 0.2) is 10.9 Å². The van der Waals surface area contributed by atoms with Crippen molar-refractivity contribution in [2.45, 2.75) is 37.6 Å². The summed E-state index contributed by atoms with van der Waals surface area (Å²) in [5, 5.41) is 13.9. The maximum Gasteiger partial charge on any atom is 0.264 e. The molecule has 122 valence electrons. The van der Waals surface area contributed by atoms with Crippen LogP contribution >= 0.6 is 11.3 Å². The van der Waals surface area contributed by atoms with Gasteiger partial charge in [-0.25, -0.2) is 15.0 Å². The SMILES string of the molecule is O=C1NC2(CCCCC2)c2nc(Nc3ncnc4cn[nH]c34)sc21. The molecule has 3 aromatic heterocycles. The lowest BCUT2D eigenvalue weighted by Crippen LogP contribution is -2.41. The second kappa shape index (κ2) is 4.97. The minimum atomic E-state index is -0.268. The van der Waals surface area contributed by atoms with Crippen LogP contribution in [0.4, 0.5) is 10.9 Å². The largest absolute Gasteiger partial charge is 0.340 e. The van der Waals surface area contributed by atoms with Crippen LogP contribution in [0.25, 0.3) is 11.0 Å². The summed E-state index contributed by atoms with van der Waals surface area (Å²) in [6.45, 7) is 0. The molecular formula is C15H15N7OS. The Morgan fingerprint density at radius 2 is 2.08 bits per heavy atom. The number of amides is 1. The maximum atomic E-state index is 12.4. The van der Waals surface area contributed by atoms with E-state index in [4.69, 9.17) is 4.98 Å². The van der Waals surface area contributed by atoms with Gasteiger partial charge in [-0.15, -0.1) is 0 Å². The van der Waals surface area contributed by atoms with E-state index in [1.54, 1.807) is 6.20 Å². The lowest BCUT2D eigenvalue weighted by atomic mass is 9.81. The summed E-state index contributed by atoms with van der Waals surface area (Å²) >= 11 is 1.37. The van der Waals surface area contributed by atoms with Crippen LogP contribution in [-0.4, -0.2) is 31.1 Å². The second-order valence-electron chi connectivity index (χ2n) is 6.27. The molecule has 0 radical (unpaired) electrons. The third kappa shape index (κ3) is 1.94. The number of H-pyrrole nitrogens is 1. The first-order valence-electron chi connectivity index (χ1n) is 8.00. The summed E-state index contributed by atoms with van der Waals surface area (Å²) in [7, 11) is 0. The summed E-state index contributed by atoms with van der Waals surface area (Å²) in [5.74, 6) is 0.606. The van der Waals surface area contributed by atoms with Gasteiger partial charge in [0.2, 0.25) is 0 Å². The molecule has 24 heavy (non-hydrogen) atoms. The van der Waals surface area contributed by atoms with Crippen molar-refractivity contribution in [1.29, 1.82) is 0 Å². The van der Waals surface area contributed by atoms with Gasteiger partial charge in [0.1, 0.15) is 22.2 Å². The monoisotopic (exact) mass is 341 g/mol. The average Bonchev–Trinajstić information content (AvgIpc) is 3.27. The second-order valence-corrected chi connectivity index (χ2v) is 7.27. The van der Waals surface area contributed by atoms with Crippen molar-refractivity contribution in [3.8, 4) is 0 Å². The lowest BCUT2D eigenvalue weighted by molar-refractivity contribution is 0.0910. The van der Waals surface area contributed by atoms with E-state index < -0.39 is 0 Å². The minimum absolute atomic E-state index is 0.00757. The number of carbonyl (C=O) groups excluding carboxylic acids is 1. The van der Waals surface area contributed by atoms with Gasteiger partial charge in [-0.2, -0.15) is 5.10 Å². The van der Waals surface area contributed by atoms with Crippen LogP contribution < -0.4 is 10.6 Å². The summed E-state index contributed by atoms with van der Waals surface area (Å²) in [6, 6.07) is 0. The van der Waals surface area contributed by atoms with Crippen molar-refractivity contribution in [2.75, 3.05) is 5.32 Å². The minimum Gasteiger partial charge on any atom is -0.340 e. The molecule has 1 saturated carbocycles. The number of rotatable bonds is 2. The van der Waals surface area contributed by atoms with Crippen molar-refractivity contribution in [3.63, 3.8) is 0 Å². The Hall–Kier alpha value is -2.55. The number of nitrogens with one attached hydrogen (secondary N) is 3. The number of fused-ring (bicyclic) bond motifs is 3. The maximum absolute atomic E-state index is 12.4. The van der Waals surface area contributed by atoms with Crippen LogP contribution in [-0.2, 0) is 5.54 Å². The molecule has 0 aromatic carbocycles. The summed E-state index contributed by atoms with van der Waals surface area (Å²) in [4.78, 5) is 26.2. The Bertz CT molecular complexity index is 940. The summed E-state index contributed by atoms with van der Waals surface area (Å²) in [6.07, 6.45) is 8.54. The predicted octanol–water partition coefficient (Wildman–Crippen LogP) is 2.46. The first kappa shape index (κ1) is 13.8. The zero-order valence-electron chi connectivity index (χ0n) is 12.8. The smallest absolute Gasteiger partial charge is 0.264 e. The molecule has 0 atom stereocenters. The van der Waals surface area contributed by atoms with Crippen molar-refractivity contribution in [3.05, 3.63) is 23.1 Å². The molecule has 1 amide bonds. The van der Waals surface area contributed by atoms with Crippen molar-refractivity contribution in [2.24, 2.45) is 0 Å². The quantitative estimate of drug-likeness (QED) is 0.661. The molecule has 8 nitrogen and oxygen atoms in total. The number of aromatic amines is 1. The highest BCUT2D eigenvalue weighted by Gasteiger charge is 2.46. The van der Waals surface area contributed by atoms with E-state index in [1.807, 2.05) is 0 Å². The molecule has 0 unspecified atom stereocenters. The van der Waals surface area contributed by atoms with Crippen molar-refractivity contribution < 1.29 is 4.79 Å². The number of carbonyl (C=O) groups is 1. The molecular weight excluding hydrogens is 326 g/mol. The van der Waals surface area contributed by atoms with Crippen LogP contribution in [0.15, 0.2) is 12.5 Å². The van der Waals surface area contributed by atoms with Gasteiger partial charge < -0.3 is 10.6 Å². The Morgan fingerprint density at radius 3 is 2.96 bits per heavy atom. The molecule has 1 aliphatic carbocycles.